The Balaban J connectivity index is 2.29. The van der Waals surface area contributed by atoms with Crippen molar-refractivity contribution in [3.63, 3.8) is 0 Å². The van der Waals surface area contributed by atoms with Gasteiger partial charge in [-0.1, -0.05) is 53.9 Å². The molecule has 0 spiro atoms. The molecule has 210 valence electrons. The van der Waals surface area contributed by atoms with Crippen LogP contribution in [0.4, 0.5) is 4.79 Å². The van der Waals surface area contributed by atoms with Crippen LogP contribution in [0.15, 0.2) is 0 Å². The molecule has 2 aliphatic rings. The van der Waals surface area contributed by atoms with Crippen LogP contribution in [0.5, 0.6) is 0 Å². The fraction of sp³-hybridized carbons (Fsp3) is 0.815. The molecule has 1 saturated heterocycles. The Hall–Kier alpha value is -2.65. The lowest BCUT2D eigenvalue weighted by Gasteiger charge is -2.36. The fourth-order valence-electron chi connectivity index (χ4n) is 4.90. The summed E-state index contributed by atoms with van der Waals surface area (Å²) in [6, 6.07) is -3.16. The molecular weight excluding hydrogens is 474 g/mol. The normalized spacial score (nSPS) is 22.1. The molecule has 2 rings (SSSR count). The molecule has 10 nitrogen and oxygen atoms in total. The number of nitrogens with zero attached hydrogens (tertiary/aromatic N) is 1. The van der Waals surface area contributed by atoms with Gasteiger partial charge in [0.2, 0.25) is 17.6 Å². The first-order valence-electron chi connectivity index (χ1n) is 13.4. The third-order valence-electron chi connectivity index (χ3n) is 7.41. The third-order valence-corrected chi connectivity index (χ3v) is 7.41. The van der Waals surface area contributed by atoms with Crippen molar-refractivity contribution < 1.29 is 24.0 Å². The number of likely N-dealkylation sites (tertiary alicyclic amines) is 1. The van der Waals surface area contributed by atoms with Gasteiger partial charge in [-0.3, -0.25) is 19.2 Å². The maximum atomic E-state index is 13.9. The molecule has 2 fully saturated rings. The number of hydrogen-bond acceptors (Lipinski definition) is 5. The van der Waals surface area contributed by atoms with Crippen molar-refractivity contribution in [3.8, 4) is 0 Å². The number of carbonyl (C=O) groups is 5. The zero-order valence-corrected chi connectivity index (χ0v) is 23.8. The van der Waals surface area contributed by atoms with Crippen molar-refractivity contribution in [2.45, 2.75) is 111 Å². The molecular formula is C27H47N5O5. The summed E-state index contributed by atoms with van der Waals surface area (Å²) in [4.78, 5) is 65.8. The molecule has 2 unspecified atom stereocenters. The summed E-state index contributed by atoms with van der Waals surface area (Å²) >= 11 is 0. The molecule has 0 bridgehead atoms. The standard InChI is InChI=1S/C27H47N5O5/c1-15(2)17-13-19(23(35)29-18(20(33)22(28)34)12-16-10-9-11-16)32(14-17)24(36)21(26(3,4)5)30-25(37)31-27(6,7)8/h15-19,21H,9-14H2,1-8H3,(H2,28,34)(H,29,35)(H2,30,31,37)/t17?,18?,19-,21+/m0/s1. The summed E-state index contributed by atoms with van der Waals surface area (Å²) < 4.78 is 0. The van der Waals surface area contributed by atoms with Crippen molar-refractivity contribution >= 4 is 29.5 Å². The second kappa shape index (κ2) is 11.8. The summed E-state index contributed by atoms with van der Waals surface area (Å²) in [5.74, 6) is -2.17. The lowest BCUT2D eigenvalue weighted by molar-refractivity contribution is -0.143. The minimum Gasteiger partial charge on any atom is -0.363 e. The van der Waals surface area contributed by atoms with E-state index in [1.807, 2.05) is 55.4 Å². The highest BCUT2D eigenvalue weighted by Crippen LogP contribution is 2.33. The summed E-state index contributed by atoms with van der Waals surface area (Å²) in [6.45, 7) is 15.6. The maximum Gasteiger partial charge on any atom is 0.315 e. The van der Waals surface area contributed by atoms with E-state index in [1.54, 1.807) is 0 Å². The molecule has 4 atom stereocenters. The zero-order chi connectivity index (χ0) is 28.3. The molecule has 1 aliphatic heterocycles. The zero-order valence-electron chi connectivity index (χ0n) is 23.8. The summed E-state index contributed by atoms with van der Waals surface area (Å²) in [7, 11) is 0. The van der Waals surface area contributed by atoms with E-state index in [9.17, 15) is 24.0 Å². The van der Waals surface area contributed by atoms with E-state index in [0.717, 1.165) is 19.3 Å². The summed E-state index contributed by atoms with van der Waals surface area (Å²) in [5.41, 5.74) is 4.15. The highest BCUT2D eigenvalue weighted by atomic mass is 16.2. The number of urea groups is 1. The van der Waals surface area contributed by atoms with Crippen LogP contribution in [0.2, 0.25) is 0 Å². The van der Waals surface area contributed by atoms with Crippen LogP contribution in [0.25, 0.3) is 0 Å². The van der Waals surface area contributed by atoms with E-state index < -0.39 is 52.7 Å². The molecule has 1 aliphatic carbocycles. The van der Waals surface area contributed by atoms with Gasteiger partial charge in [0.15, 0.2) is 0 Å². The van der Waals surface area contributed by atoms with Gasteiger partial charge in [0.1, 0.15) is 12.1 Å². The second-order valence-electron chi connectivity index (χ2n) is 13.2. The highest BCUT2D eigenvalue weighted by Gasteiger charge is 2.46. The van der Waals surface area contributed by atoms with Gasteiger partial charge in [0.05, 0.1) is 6.04 Å². The van der Waals surface area contributed by atoms with E-state index in [-0.39, 0.29) is 23.7 Å². The number of nitrogens with one attached hydrogen (secondary N) is 3. The Morgan fingerprint density at radius 3 is 2.00 bits per heavy atom. The minimum atomic E-state index is -1.08. The topological polar surface area (TPSA) is 151 Å². The number of ketones is 1. The quantitative estimate of drug-likeness (QED) is 0.343. The van der Waals surface area contributed by atoms with Gasteiger partial charge >= 0.3 is 6.03 Å². The number of Topliss-reactive ketones (excluding diaryl/α,β-unsaturated/α-hetero) is 1. The molecule has 0 radical (unpaired) electrons. The van der Waals surface area contributed by atoms with E-state index in [0.29, 0.717) is 19.4 Å². The molecule has 10 heteroatoms. The number of nitrogens with two attached hydrogens (primary N) is 1. The molecule has 0 aromatic heterocycles. The van der Waals surface area contributed by atoms with Crippen LogP contribution in [-0.2, 0) is 19.2 Å². The lowest BCUT2D eigenvalue weighted by atomic mass is 9.80. The number of rotatable bonds is 9. The average Bonchev–Trinajstić information content (AvgIpc) is 3.16. The molecule has 0 aromatic carbocycles. The van der Waals surface area contributed by atoms with Crippen molar-refractivity contribution in [1.82, 2.24) is 20.9 Å². The van der Waals surface area contributed by atoms with Gasteiger partial charge in [0.25, 0.3) is 5.91 Å². The SMILES string of the molecule is CC(C)C1C[C@@H](C(=O)NC(CC2CCC2)C(=O)C(N)=O)N(C(=O)[C@@H](NC(=O)NC(C)(C)C)C(C)(C)C)C1. The number of hydrogen-bond donors (Lipinski definition) is 4. The Kier molecular flexibility index (Phi) is 9.76. The van der Waals surface area contributed by atoms with Gasteiger partial charge in [-0.2, -0.15) is 0 Å². The van der Waals surface area contributed by atoms with Crippen molar-refractivity contribution in [2.75, 3.05) is 6.54 Å². The maximum absolute atomic E-state index is 13.9. The number of primary amides is 1. The first kappa shape index (κ1) is 30.6. The van der Waals surface area contributed by atoms with Crippen LogP contribution in [0.1, 0.15) is 87.5 Å². The molecule has 5 N–H and O–H groups in total. The molecule has 1 saturated carbocycles. The van der Waals surface area contributed by atoms with E-state index in [4.69, 9.17) is 5.73 Å². The summed E-state index contributed by atoms with van der Waals surface area (Å²) in [5, 5.41) is 8.40. The van der Waals surface area contributed by atoms with Crippen molar-refractivity contribution in [1.29, 1.82) is 0 Å². The van der Waals surface area contributed by atoms with Crippen molar-refractivity contribution in [3.05, 3.63) is 0 Å². The van der Waals surface area contributed by atoms with Gasteiger partial charge in [-0.15, -0.1) is 0 Å². The minimum absolute atomic E-state index is 0.0700. The van der Waals surface area contributed by atoms with Crippen LogP contribution in [-0.4, -0.2) is 64.6 Å². The Morgan fingerprint density at radius 1 is 0.973 bits per heavy atom. The number of carbonyl (C=O) groups excluding carboxylic acids is 5. The monoisotopic (exact) mass is 521 g/mol. The van der Waals surface area contributed by atoms with Crippen LogP contribution in [0.3, 0.4) is 0 Å². The van der Waals surface area contributed by atoms with Crippen LogP contribution >= 0.6 is 0 Å². The van der Waals surface area contributed by atoms with Crippen molar-refractivity contribution in [2.24, 2.45) is 28.9 Å². The van der Waals surface area contributed by atoms with Crippen LogP contribution in [0, 0.1) is 23.2 Å². The predicted molar refractivity (Wildman–Crippen MR) is 141 cm³/mol. The second-order valence-corrected chi connectivity index (χ2v) is 13.2. The number of amides is 5. The van der Waals surface area contributed by atoms with Crippen LogP contribution < -0.4 is 21.7 Å². The van der Waals surface area contributed by atoms with E-state index in [1.165, 1.54) is 4.90 Å². The van der Waals surface area contributed by atoms with Gasteiger partial charge < -0.3 is 26.6 Å². The van der Waals surface area contributed by atoms with Gasteiger partial charge in [-0.05, 0) is 56.8 Å². The van der Waals surface area contributed by atoms with E-state index in [2.05, 4.69) is 16.0 Å². The summed E-state index contributed by atoms with van der Waals surface area (Å²) in [6.07, 6.45) is 3.73. The Labute approximate surface area is 221 Å². The Bertz CT molecular complexity index is 885. The third kappa shape index (κ3) is 8.43. The first-order valence-corrected chi connectivity index (χ1v) is 13.4. The lowest BCUT2D eigenvalue weighted by Crippen LogP contribution is -2.61. The highest BCUT2D eigenvalue weighted by molar-refractivity contribution is 6.37. The van der Waals surface area contributed by atoms with E-state index >= 15 is 0 Å². The van der Waals surface area contributed by atoms with Gasteiger partial charge in [0, 0.05) is 12.1 Å². The van der Waals surface area contributed by atoms with Gasteiger partial charge in [-0.25, -0.2) is 4.79 Å². The Morgan fingerprint density at radius 2 is 1.57 bits per heavy atom. The molecule has 0 aromatic rings. The molecule has 1 heterocycles. The fourth-order valence-corrected chi connectivity index (χ4v) is 4.90. The molecule has 37 heavy (non-hydrogen) atoms. The smallest absolute Gasteiger partial charge is 0.315 e. The largest absolute Gasteiger partial charge is 0.363 e. The first-order chi connectivity index (χ1) is 16.9. The predicted octanol–water partition coefficient (Wildman–Crippen LogP) is 2.10. The average molecular weight is 522 g/mol. The molecule has 5 amide bonds.